The molecule has 70 valence electrons. The molecule has 0 bridgehead atoms. The van der Waals surface area contributed by atoms with Gasteiger partial charge in [0.15, 0.2) is 0 Å². The van der Waals surface area contributed by atoms with Crippen molar-refractivity contribution in [1.82, 2.24) is 9.80 Å². The van der Waals surface area contributed by atoms with Gasteiger partial charge in [0, 0.05) is 27.2 Å². The van der Waals surface area contributed by atoms with Crippen LogP contribution in [0.1, 0.15) is 13.8 Å². The first-order valence-electron chi connectivity index (χ1n) is 4.48. The summed E-state index contributed by atoms with van der Waals surface area (Å²) in [7, 11) is 3.74. The van der Waals surface area contributed by atoms with E-state index in [1.54, 1.807) is 9.80 Å². The fourth-order valence-electron chi connectivity index (χ4n) is 1.67. The van der Waals surface area contributed by atoms with Crippen molar-refractivity contribution in [2.75, 3.05) is 27.2 Å². The summed E-state index contributed by atoms with van der Waals surface area (Å²) in [6.45, 7) is 6.16. The van der Waals surface area contributed by atoms with Crippen molar-refractivity contribution in [2.24, 2.45) is 11.8 Å². The maximum atomic E-state index is 11.5. The highest BCUT2D eigenvalue weighted by molar-refractivity contribution is 5.74. The maximum absolute atomic E-state index is 11.5. The predicted molar refractivity (Wildman–Crippen MR) is 49.0 cm³/mol. The first-order chi connectivity index (χ1) is 5.52. The molecule has 0 aromatic carbocycles. The van der Waals surface area contributed by atoms with Crippen LogP contribution in [0.5, 0.6) is 0 Å². The van der Waals surface area contributed by atoms with Gasteiger partial charge in [0.2, 0.25) is 0 Å². The molecule has 0 aromatic rings. The SMILES string of the molecule is CC1CN(C)C(=O)N(C)CC1C. The summed E-state index contributed by atoms with van der Waals surface area (Å²) in [5, 5.41) is 0. The Bertz CT molecular complexity index is 163. The zero-order chi connectivity index (χ0) is 9.30. The molecule has 2 atom stereocenters. The van der Waals surface area contributed by atoms with Crippen molar-refractivity contribution < 1.29 is 4.79 Å². The first kappa shape index (κ1) is 9.36. The third-order valence-corrected chi connectivity index (χ3v) is 2.75. The lowest BCUT2D eigenvalue weighted by atomic mass is 9.96. The molecule has 0 spiro atoms. The van der Waals surface area contributed by atoms with Crippen LogP contribution in [0, 0.1) is 11.8 Å². The minimum atomic E-state index is 0.145. The normalized spacial score (nSPS) is 32.2. The lowest BCUT2D eigenvalue weighted by Crippen LogP contribution is -2.37. The van der Waals surface area contributed by atoms with Crippen LogP contribution in [0.3, 0.4) is 0 Å². The standard InChI is InChI=1S/C9H18N2O/c1-7-5-10(3)9(12)11(4)6-8(7)2/h7-8H,5-6H2,1-4H3. The van der Waals surface area contributed by atoms with Crippen LogP contribution < -0.4 is 0 Å². The van der Waals surface area contributed by atoms with E-state index in [-0.39, 0.29) is 6.03 Å². The van der Waals surface area contributed by atoms with Gasteiger partial charge in [-0.05, 0) is 11.8 Å². The third kappa shape index (κ3) is 1.71. The summed E-state index contributed by atoms with van der Waals surface area (Å²) in [6, 6.07) is 0.145. The number of nitrogens with zero attached hydrogens (tertiary/aromatic N) is 2. The van der Waals surface area contributed by atoms with Gasteiger partial charge in [0.05, 0.1) is 0 Å². The van der Waals surface area contributed by atoms with Crippen LogP contribution >= 0.6 is 0 Å². The van der Waals surface area contributed by atoms with E-state index in [4.69, 9.17) is 0 Å². The molecular formula is C9H18N2O. The molecule has 2 unspecified atom stereocenters. The second kappa shape index (κ2) is 3.33. The Labute approximate surface area is 74.3 Å². The number of urea groups is 1. The van der Waals surface area contributed by atoms with Gasteiger partial charge >= 0.3 is 6.03 Å². The van der Waals surface area contributed by atoms with E-state index in [1.165, 1.54) is 0 Å². The molecule has 0 aromatic heterocycles. The van der Waals surface area contributed by atoms with Crippen LogP contribution in [-0.2, 0) is 0 Å². The number of hydrogen-bond donors (Lipinski definition) is 0. The molecule has 1 rings (SSSR count). The number of carbonyl (C=O) groups is 1. The molecule has 0 radical (unpaired) electrons. The minimum absolute atomic E-state index is 0.145. The third-order valence-electron chi connectivity index (χ3n) is 2.75. The van der Waals surface area contributed by atoms with E-state index in [9.17, 15) is 4.79 Å². The Morgan fingerprint density at radius 1 is 1.08 bits per heavy atom. The predicted octanol–water partition coefficient (Wildman–Crippen LogP) is 1.26. The second-order valence-corrected chi connectivity index (χ2v) is 4.00. The van der Waals surface area contributed by atoms with Crippen LogP contribution in [0.25, 0.3) is 0 Å². The van der Waals surface area contributed by atoms with Crippen molar-refractivity contribution in [3.05, 3.63) is 0 Å². The fourth-order valence-corrected chi connectivity index (χ4v) is 1.67. The number of amides is 2. The lowest BCUT2D eigenvalue weighted by Gasteiger charge is -2.20. The van der Waals surface area contributed by atoms with E-state index in [2.05, 4.69) is 13.8 Å². The van der Waals surface area contributed by atoms with E-state index in [0.717, 1.165) is 13.1 Å². The van der Waals surface area contributed by atoms with Crippen LogP contribution in [0.15, 0.2) is 0 Å². The van der Waals surface area contributed by atoms with E-state index in [1.807, 2.05) is 14.1 Å². The van der Waals surface area contributed by atoms with Crippen LogP contribution in [0.4, 0.5) is 4.79 Å². The molecule has 0 saturated carbocycles. The molecule has 1 heterocycles. The van der Waals surface area contributed by atoms with Crippen molar-refractivity contribution >= 4 is 6.03 Å². The molecule has 12 heavy (non-hydrogen) atoms. The van der Waals surface area contributed by atoms with E-state index in [0.29, 0.717) is 11.8 Å². The fraction of sp³-hybridized carbons (Fsp3) is 0.889. The molecule has 3 nitrogen and oxygen atoms in total. The van der Waals surface area contributed by atoms with E-state index < -0.39 is 0 Å². The van der Waals surface area contributed by atoms with Crippen molar-refractivity contribution in [3.63, 3.8) is 0 Å². The highest BCUT2D eigenvalue weighted by atomic mass is 16.2. The summed E-state index contributed by atoms with van der Waals surface area (Å²) in [5.74, 6) is 1.20. The average Bonchev–Trinajstić information content (AvgIpc) is 2.07. The molecule has 2 amide bonds. The minimum Gasteiger partial charge on any atom is -0.327 e. The van der Waals surface area contributed by atoms with Gasteiger partial charge in [-0.3, -0.25) is 0 Å². The lowest BCUT2D eigenvalue weighted by molar-refractivity contribution is 0.180. The summed E-state index contributed by atoms with van der Waals surface area (Å²) in [5.41, 5.74) is 0. The topological polar surface area (TPSA) is 23.6 Å². The molecule has 0 aliphatic carbocycles. The number of rotatable bonds is 0. The smallest absolute Gasteiger partial charge is 0.319 e. The quantitative estimate of drug-likeness (QED) is 0.537. The summed E-state index contributed by atoms with van der Waals surface area (Å²) >= 11 is 0. The van der Waals surface area contributed by atoms with Gasteiger partial charge in [0.25, 0.3) is 0 Å². The van der Waals surface area contributed by atoms with Gasteiger partial charge in [-0.1, -0.05) is 13.8 Å². The molecule has 0 N–H and O–H groups in total. The maximum Gasteiger partial charge on any atom is 0.319 e. The van der Waals surface area contributed by atoms with Crippen LogP contribution in [-0.4, -0.2) is 43.0 Å². The van der Waals surface area contributed by atoms with Crippen molar-refractivity contribution in [1.29, 1.82) is 0 Å². The van der Waals surface area contributed by atoms with Gasteiger partial charge < -0.3 is 9.80 Å². The van der Waals surface area contributed by atoms with Gasteiger partial charge in [-0.2, -0.15) is 0 Å². The zero-order valence-corrected chi connectivity index (χ0v) is 8.37. The largest absolute Gasteiger partial charge is 0.327 e. The molecule has 1 aliphatic rings. The molecular weight excluding hydrogens is 152 g/mol. The van der Waals surface area contributed by atoms with Gasteiger partial charge in [-0.25, -0.2) is 4.79 Å². The Morgan fingerprint density at radius 3 is 1.75 bits per heavy atom. The molecule has 3 heteroatoms. The zero-order valence-electron chi connectivity index (χ0n) is 8.37. The van der Waals surface area contributed by atoms with E-state index >= 15 is 0 Å². The number of carbonyl (C=O) groups excluding carboxylic acids is 1. The number of hydrogen-bond acceptors (Lipinski definition) is 1. The second-order valence-electron chi connectivity index (χ2n) is 4.00. The molecule has 1 fully saturated rings. The highest BCUT2D eigenvalue weighted by Gasteiger charge is 2.26. The molecule has 1 aliphatic heterocycles. The summed E-state index contributed by atoms with van der Waals surface area (Å²) in [4.78, 5) is 15.1. The highest BCUT2D eigenvalue weighted by Crippen LogP contribution is 2.17. The first-order valence-corrected chi connectivity index (χ1v) is 4.48. The monoisotopic (exact) mass is 170 g/mol. The van der Waals surface area contributed by atoms with Gasteiger partial charge in [0.1, 0.15) is 0 Å². The Morgan fingerprint density at radius 2 is 1.42 bits per heavy atom. The summed E-state index contributed by atoms with van der Waals surface area (Å²) < 4.78 is 0. The molecule has 1 saturated heterocycles. The van der Waals surface area contributed by atoms with Crippen molar-refractivity contribution in [3.8, 4) is 0 Å². The Kier molecular flexibility index (Phi) is 2.60. The van der Waals surface area contributed by atoms with Crippen molar-refractivity contribution in [2.45, 2.75) is 13.8 Å². The Hall–Kier alpha value is -0.730. The van der Waals surface area contributed by atoms with Crippen LogP contribution in [0.2, 0.25) is 0 Å². The summed E-state index contributed by atoms with van der Waals surface area (Å²) in [6.07, 6.45) is 0. The average molecular weight is 170 g/mol. The Balaban J connectivity index is 2.71. The van der Waals surface area contributed by atoms with Gasteiger partial charge in [-0.15, -0.1) is 0 Å².